The van der Waals surface area contributed by atoms with Gasteiger partial charge < -0.3 is 5.73 Å². The van der Waals surface area contributed by atoms with Crippen LogP contribution in [0.5, 0.6) is 0 Å². The monoisotopic (exact) mass is 389 g/mol. The molecule has 0 aliphatic carbocycles. The maximum absolute atomic E-state index is 14.0. The first-order valence-electron chi connectivity index (χ1n) is 6.63. The minimum absolute atomic E-state index is 0.0534. The number of thiophene rings is 1. The van der Waals surface area contributed by atoms with Gasteiger partial charge in [-0.05, 0) is 58.3 Å². The molecule has 3 rings (SSSR count). The van der Waals surface area contributed by atoms with E-state index in [2.05, 4.69) is 22.0 Å². The van der Waals surface area contributed by atoms with Crippen molar-refractivity contribution in [1.29, 1.82) is 0 Å². The number of nitrogens with two attached hydrogens (primary N) is 1. The van der Waals surface area contributed by atoms with E-state index < -0.39 is 11.6 Å². The molecule has 1 aromatic heterocycles. The number of halogens is 3. The normalized spacial score (nSPS) is 15.8. The maximum Gasteiger partial charge on any atom is 0.143 e. The lowest BCUT2D eigenvalue weighted by Gasteiger charge is -2.12. The van der Waals surface area contributed by atoms with E-state index in [0.29, 0.717) is 0 Å². The van der Waals surface area contributed by atoms with Crippen LogP contribution < -0.4 is 5.73 Å². The molecule has 1 aliphatic rings. The first-order chi connectivity index (χ1) is 10.1. The van der Waals surface area contributed by atoms with Crippen LogP contribution in [-0.4, -0.2) is 5.75 Å². The van der Waals surface area contributed by atoms with Crippen molar-refractivity contribution in [2.24, 2.45) is 5.73 Å². The van der Waals surface area contributed by atoms with Gasteiger partial charge in [0.2, 0.25) is 0 Å². The fourth-order valence-corrected chi connectivity index (χ4v) is 5.18. The second-order valence-corrected chi connectivity index (χ2v) is 8.16. The van der Waals surface area contributed by atoms with Crippen LogP contribution in [0.1, 0.15) is 26.9 Å². The molecule has 0 radical (unpaired) electrons. The Morgan fingerprint density at radius 1 is 1.33 bits per heavy atom. The zero-order valence-electron chi connectivity index (χ0n) is 11.2. The second-order valence-electron chi connectivity index (χ2n) is 5.03. The molecule has 0 saturated heterocycles. The zero-order chi connectivity index (χ0) is 15.0. The predicted molar refractivity (Wildman–Crippen MR) is 88.9 cm³/mol. The van der Waals surface area contributed by atoms with E-state index in [1.807, 2.05) is 11.8 Å². The number of fused-ring (bicyclic) bond motifs is 1. The largest absolute Gasteiger partial charge is 0.323 e. The first kappa shape index (κ1) is 15.5. The van der Waals surface area contributed by atoms with Crippen LogP contribution in [0.2, 0.25) is 0 Å². The summed E-state index contributed by atoms with van der Waals surface area (Å²) in [6.45, 7) is 0. The average molecular weight is 390 g/mol. The minimum Gasteiger partial charge on any atom is -0.323 e. The summed E-state index contributed by atoms with van der Waals surface area (Å²) >= 11 is 6.69. The topological polar surface area (TPSA) is 26.0 Å². The Kier molecular flexibility index (Phi) is 4.69. The van der Waals surface area contributed by atoms with Crippen LogP contribution in [0, 0.1) is 11.6 Å². The molecular weight excluding hydrogens is 376 g/mol. The van der Waals surface area contributed by atoms with Gasteiger partial charge in [0, 0.05) is 27.1 Å². The van der Waals surface area contributed by atoms with Gasteiger partial charge in [0.25, 0.3) is 0 Å². The van der Waals surface area contributed by atoms with Crippen LogP contribution in [0.3, 0.4) is 0 Å². The minimum atomic E-state index is -0.553. The molecule has 0 amide bonds. The van der Waals surface area contributed by atoms with Crippen molar-refractivity contribution in [3.8, 4) is 0 Å². The highest BCUT2D eigenvalue weighted by molar-refractivity contribution is 9.10. The van der Waals surface area contributed by atoms with Gasteiger partial charge >= 0.3 is 0 Å². The third kappa shape index (κ3) is 3.18. The molecule has 1 aromatic carbocycles. The third-order valence-corrected chi connectivity index (χ3v) is 6.56. The predicted octanol–water partition coefficient (Wildman–Crippen LogP) is 4.82. The van der Waals surface area contributed by atoms with Gasteiger partial charge in [0.05, 0.1) is 4.47 Å². The summed E-state index contributed by atoms with van der Waals surface area (Å²) in [5.41, 5.74) is 7.57. The number of aryl methyl sites for hydroxylation is 1. The highest BCUT2D eigenvalue weighted by Crippen LogP contribution is 2.35. The quantitative estimate of drug-likeness (QED) is 0.761. The molecule has 1 aliphatic heterocycles. The molecule has 6 heteroatoms. The van der Waals surface area contributed by atoms with Crippen LogP contribution >= 0.6 is 39.0 Å². The van der Waals surface area contributed by atoms with E-state index in [9.17, 15) is 8.78 Å². The summed E-state index contributed by atoms with van der Waals surface area (Å²) in [7, 11) is 0. The van der Waals surface area contributed by atoms with E-state index in [0.717, 1.165) is 22.8 Å². The standard InChI is InChI=1S/C15H14BrF2NS2/c16-10-1-2-11(17)9(15(10)18)6-12(19)14-5-8-7-20-4-3-13(8)21-14/h1-2,5,12H,3-4,6-7,19H2. The van der Waals surface area contributed by atoms with Gasteiger partial charge in [-0.1, -0.05) is 0 Å². The number of thioether (sulfide) groups is 1. The van der Waals surface area contributed by atoms with Crippen molar-refractivity contribution in [3.63, 3.8) is 0 Å². The van der Waals surface area contributed by atoms with Gasteiger partial charge in [-0.3, -0.25) is 0 Å². The SMILES string of the molecule is NC(Cc1c(F)ccc(Br)c1F)c1cc2c(s1)CCSC2. The van der Waals surface area contributed by atoms with Crippen molar-refractivity contribution >= 4 is 39.0 Å². The summed E-state index contributed by atoms with van der Waals surface area (Å²) in [5, 5.41) is 0. The average Bonchev–Trinajstić information content (AvgIpc) is 2.91. The molecule has 0 saturated carbocycles. The molecule has 1 unspecified atom stereocenters. The van der Waals surface area contributed by atoms with Crippen LogP contribution in [0.25, 0.3) is 0 Å². The summed E-state index contributed by atoms with van der Waals surface area (Å²) in [5.74, 6) is 1.06. The number of benzene rings is 1. The molecule has 2 heterocycles. The molecule has 1 atom stereocenters. The zero-order valence-corrected chi connectivity index (χ0v) is 14.4. The molecular formula is C15H14BrF2NS2. The van der Waals surface area contributed by atoms with E-state index >= 15 is 0 Å². The van der Waals surface area contributed by atoms with Crippen molar-refractivity contribution in [2.45, 2.75) is 24.6 Å². The molecule has 2 N–H and O–H groups in total. The summed E-state index contributed by atoms with van der Waals surface area (Å²) < 4.78 is 28.1. The Balaban J connectivity index is 1.85. The van der Waals surface area contributed by atoms with Gasteiger partial charge in [0.15, 0.2) is 0 Å². The van der Waals surface area contributed by atoms with Crippen LogP contribution in [-0.2, 0) is 18.6 Å². The van der Waals surface area contributed by atoms with Crippen molar-refractivity contribution in [3.05, 3.63) is 55.2 Å². The number of rotatable bonds is 3. The lowest BCUT2D eigenvalue weighted by molar-refractivity contribution is 0.537. The van der Waals surface area contributed by atoms with E-state index in [-0.39, 0.29) is 22.5 Å². The van der Waals surface area contributed by atoms with Crippen molar-refractivity contribution in [2.75, 3.05) is 5.75 Å². The molecule has 2 aromatic rings. The third-order valence-electron chi connectivity index (χ3n) is 3.58. The molecule has 0 fully saturated rings. The summed E-state index contributed by atoms with van der Waals surface area (Å²) in [4.78, 5) is 2.38. The maximum atomic E-state index is 14.0. The second kappa shape index (κ2) is 6.36. The van der Waals surface area contributed by atoms with Gasteiger partial charge in [-0.25, -0.2) is 8.78 Å². The molecule has 112 valence electrons. The Morgan fingerprint density at radius 3 is 2.90 bits per heavy atom. The first-order valence-corrected chi connectivity index (χ1v) is 9.40. The van der Waals surface area contributed by atoms with Crippen LogP contribution in [0.15, 0.2) is 22.7 Å². The number of hydrogen-bond acceptors (Lipinski definition) is 3. The van der Waals surface area contributed by atoms with E-state index in [4.69, 9.17) is 5.73 Å². The fraction of sp³-hybridized carbons (Fsp3) is 0.333. The fourth-order valence-electron chi connectivity index (χ4n) is 2.43. The highest BCUT2D eigenvalue weighted by atomic mass is 79.9. The Bertz CT molecular complexity index is 648. The molecule has 0 spiro atoms. The lowest BCUT2D eigenvalue weighted by Crippen LogP contribution is -2.14. The van der Waals surface area contributed by atoms with Gasteiger partial charge in [-0.2, -0.15) is 11.8 Å². The Labute approximate surface area is 139 Å². The molecule has 0 bridgehead atoms. The number of hydrogen-bond donors (Lipinski definition) is 1. The van der Waals surface area contributed by atoms with Crippen LogP contribution in [0.4, 0.5) is 8.78 Å². The summed E-state index contributed by atoms with van der Waals surface area (Å²) in [6, 6.07) is 4.38. The van der Waals surface area contributed by atoms with Crippen molar-refractivity contribution < 1.29 is 8.78 Å². The summed E-state index contributed by atoms with van der Waals surface area (Å²) in [6.07, 6.45) is 1.24. The Morgan fingerprint density at radius 2 is 2.14 bits per heavy atom. The van der Waals surface area contributed by atoms with Gasteiger partial charge in [0.1, 0.15) is 11.6 Å². The highest BCUT2D eigenvalue weighted by Gasteiger charge is 2.20. The van der Waals surface area contributed by atoms with E-state index in [1.54, 1.807) is 11.3 Å². The Hall–Kier alpha value is -0.430. The lowest BCUT2D eigenvalue weighted by atomic mass is 10.0. The van der Waals surface area contributed by atoms with Gasteiger partial charge in [-0.15, -0.1) is 11.3 Å². The molecule has 1 nitrogen and oxygen atoms in total. The molecule has 21 heavy (non-hydrogen) atoms. The van der Waals surface area contributed by atoms with Crippen molar-refractivity contribution in [1.82, 2.24) is 0 Å². The van der Waals surface area contributed by atoms with E-state index in [1.165, 1.54) is 22.6 Å². The smallest absolute Gasteiger partial charge is 0.143 e.